The molecule has 4 rings (SSSR count). The van der Waals surface area contributed by atoms with E-state index in [1.807, 2.05) is 18.2 Å². The highest BCUT2D eigenvalue weighted by Crippen LogP contribution is 2.37. The van der Waals surface area contributed by atoms with Gasteiger partial charge in [-0.1, -0.05) is 57.0 Å². The standard InChI is InChI=1S/C21H33NO2/c1-3-8-18(4-2)21(23,19-9-6-5-7-10-19)16-24-20-15-22-13-11-17(20)12-14-22/h5-7,9-10,17-18,20,23H,3-4,8,11-16H2,1-2H3/t18?,20-,21+/m1/s1. The molecule has 3 saturated heterocycles. The number of hydrogen-bond acceptors (Lipinski definition) is 3. The van der Waals surface area contributed by atoms with E-state index < -0.39 is 5.60 Å². The summed E-state index contributed by atoms with van der Waals surface area (Å²) in [7, 11) is 0. The van der Waals surface area contributed by atoms with Gasteiger partial charge in [-0.05, 0) is 49.8 Å². The minimum atomic E-state index is -0.877. The first-order valence-electron chi connectivity index (χ1n) is 9.79. The lowest BCUT2D eigenvalue weighted by Crippen LogP contribution is -2.53. The molecule has 1 aromatic rings. The molecular weight excluding hydrogens is 298 g/mol. The van der Waals surface area contributed by atoms with Crippen LogP contribution >= 0.6 is 0 Å². The first-order valence-corrected chi connectivity index (χ1v) is 9.79. The second-order valence-electron chi connectivity index (χ2n) is 7.67. The van der Waals surface area contributed by atoms with Crippen molar-refractivity contribution in [2.75, 3.05) is 26.2 Å². The van der Waals surface area contributed by atoms with Crippen LogP contribution in [0, 0.1) is 11.8 Å². The zero-order valence-electron chi connectivity index (χ0n) is 15.3. The van der Waals surface area contributed by atoms with Crippen molar-refractivity contribution in [3.63, 3.8) is 0 Å². The van der Waals surface area contributed by atoms with Gasteiger partial charge >= 0.3 is 0 Å². The molecule has 0 amide bonds. The van der Waals surface area contributed by atoms with Gasteiger partial charge < -0.3 is 14.7 Å². The van der Waals surface area contributed by atoms with Crippen LogP contribution in [0.4, 0.5) is 0 Å². The number of nitrogens with zero attached hydrogens (tertiary/aromatic N) is 1. The van der Waals surface area contributed by atoms with Crippen molar-refractivity contribution in [3.8, 4) is 0 Å². The maximum atomic E-state index is 11.6. The summed E-state index contributed by atoms with van der Waals surface area (Å²) in [6, 6.07) is 10.2. The Morgan fingerprint density at radius 1 is 1.21 bits per heavy atom. The van der Waals surface area contributed by atoms with Crippen molar-refractivity contribution in [1.82, 2.24) is 4.90 Å². The average Bonchev–Trinajstić information content (AvgIpc) is 2.66. The average molecular weight is 331 g/mol. The van der Waals surface area contributed by atoms with Crippen LogP contribution in [0.3, 0.4) is 0 Å². The quantitative estimate of drug-likeness (QED) is 0.786. The van der Waals surface area contributed by atoms with Crippen LogP contribution in [-0.4, -0.2) is 42.4 Å². The summed E-state index contributed by atoms with van der Waals surface area (Å²) in [4.78, 5) is 2.51. The molecule has 3 nitrogen and oxygen atoms in total. The molecule has 1 aromatic carbocycles. The predicted octanol–water partition coefficient (Wildman–Crippen LogP) is 3.81. The van der Waals surface area contributed by atoms with Gasteiger partial charge in [-0.2, -0.15) is 0 Å². The molecule has 134 valence electrons. The van der Waals surface area contributed by atoms with Gasteiger partial charge in [-0.25, -0.2) is 0 Å². The van der Waals surface area contributed by atoms with Crippen LogP contribution in [0.2, 0.25) is 0 Å². The Morgan fingerprint density at radius 3 is 2.46 bits per heavy atom. The first kappa shape index (κ1) is 17.9. The van der Waals surface area contributed by atoms with E-state index in [9.17, 15) is 5.11 Å². The molecule has 0 radical (unpaired) electrons. The highest BCUT2D eigenvalue weighted by atomic mass is 16.5. The van der Waals surface area contributed by atoms with E-state index in [1.165, 1.54) is 25.9 Å². The SMILES string of the molecule is CCCC(CC)[C@@](O)(CO[C@@H]1CN2CCC1CC2)c1ccccc1. The first-order chi connectivity index (χ1) is 11.7. The molecule has 0 spiro atoms. The van der Waals surface area contributed by atoms with Gasteiger partial charge in [0.15, 0.2) is 0 Å². The third-order valence-electron chi connectivity index (χ3n) is 6.19. The third kappa shape index (κ3) is 3.68. The van der Waals surface area contributed by atoms with Crippen molar-refractivity contribution in [1.29, 1.82) is 0 Å². The normalized spacial score (nSPS) is 30.0. The fourth-order valence-corrected chi connectivity index (χ4v) is 4.63. The van der Waals surface area contributed by atoms with E-state index in [0.717, 1.165) is 31.4 Å². The van der Waals surface area contributed by atoms with Gasteiger partial charge in [-0.15, -0.1) is 0 Å². The Kier molecular flexibility index (Phi) is 5.96. The van der Waals surface area contributed by atoms with E-state index in [2.05, 4.69) is 30.9 Å². The molecule has 0 aliphatic carbocycles. The molecule has 24 heavy (non-hydrogen) atoms. The number of ether oxygens (including phenoxy) is 1. The van der Waals surface area contributed by atoms with Crippen LogP contribution in [0.5, 0.6) is 0 Å². The zero-order valence-corrected chi connectivity index (χ0v) is 15.3. The lowest BCUT2D eigenvalue weighted by Gasteiger charge is -2.46. The molecule has 2 bridgehead atoms. The molecule has 3 atom stereocenters. The van der Waals surface area contributed by atoms with Gasteiger partial charge in [0.05, 0.1) is 12.7 Å². The van der Waals surface area contributed by atoms with E-state index >= 15 is 0 Å². The molecule has 0 aromatic heterocycles. The van der Waals surface area contributed by atoms with Crippen molar-refractivity contribution in [2.45, 2.75) is 57.7 Å². The summed E-state index contributed by atoms with van der Waals surface area (Å²) in [6.45, 7) is 8.29. The monoisotopic (exact) mass is 331 g/mol. The van der Waals surface area contributed by atoms with Crippen LogP contribution in [0.1, 0.15) is 51.5 Å². The molecule has 3 fully saturated rings. The lowest BCUT2D eigenvalue weighted by atomic mass is 9.77. The minimum Gasteiger partial charge on any atom is -0.382 e. The van der Waals surface area contributed by atoms with Crippen molar-refractivity contribution in [2.24, 2.45) is 11.8 Å². The van der Waals surface area contributed by atoms with Crippen LogP contribution in [0.15, 0.2) is 30.3 Å². The van der Waals surface area contributed by atoms with Crippen LogP contribution < -0.4 is 0 Å². The van der Waals surface area contributed by atoms with E-state index in [0.29, 0.717) is 18.6 Å². The third-order valence-corrected chi connectivity index (χ3v) is 6.19. The number of piperidine rings is 3. The summed E-state index contributed by atoms with van der Waals surface area (Å²) in [5, 5.41) is 11.6. The summed E-state index contributed by atoms with van der Waals surface area (Å²) in [6.07, 6.45) is 5.89. The maximum absolute atomic E-state index is 11.6. The van der Waals surface area contributed by atoms with Crippen LogP contribution in [-0.2, 0) is 10.3 Å². The molecule has 3 aliphatic heterocycles. The van der Waals surface area contributed by atoms with Crippen molar-refractivity contribution in [3.05, 3.63) is 35.9 Å². The Balaban J connectivity index is 1.74. The van der Waals surface area contributed by atoms with Gasteiger partial charge in [0.1, 0.15) is 5.60 Å². The summed E-state index contributed by atoms with van der Waals surface area (Å²) >= 11 is 0. The van der Waals surface area contributed by atoms with Gasteiger partial charge in [0.25, 0.3) is 0 Å². The Hall–Kier alpha value is -0.900. The fraction of sp³-hybridized carbons (Fsp3) is 0.714. The number of aliphatic hydroxyl groups is 1. The van der Waals surface area contributed by atoms with Crippen molar-refractivity contribution < 1.29 is 9.84 Å². The highest BCUT2D eigenvalue weighted by molar-refractivity contribution is 5.23. The smallest absolute Gasteiger partial charge is 0.116 e. The second-order valence-corrected chi connectivity index (χ2v) is 7.67. The minimum absolute atomic E-state index is 0.242. The summed E-state index contributed by atoms with van der Waals surface area (Å²) in [5.41, 5.74) is 0.129. The van der Waals surface area contributed by atoms with Crippen molar-refractivity contribution >= 4 is 0 Å². The molecule has 3 aliphatic rings. The Bertz CT molecular complexity index is 498. The van der Waals surface area contributed by atoms with E-state index in [1.54, 1.807) is 0 Å². The molecular formula is C21H33NO2. The number of fused-ring (bicyclic) bond motifs is 3. The second kappa shape index (κ2) is 7.99. The largest absolute Gasteiger partial charge is 0.382 e. The molecule has 3 heterocycles. The lowest BCUT2D eigenvalue weighted by molar-refractivity contribution is -0.146. The highest BCUT2D eigenvalue weighted by Gasteiger charge is 2.40. The van der Waals surface area contributed by atoms with E-state index in [-0.39, 0.29) is 5.92 Å². The summed E-state index contributed by atoms with van der Waals surface area (Å²) < 4.78 is 6.37. The zero-order chi connectivity index (χ0) is 17.0. The molecule has 1 unspecified atom stereocenters. The van der Waals surface area contributed by atoms with Crippen LogP contribution in [0.25, 0.3) is 0 Å². The predicted molar refractivity (Wildman–Crippen MR) is 97.9 cm³/mol. The summed E-state index contributed by atoms with van der Waals surface area (Å²) in [5.74, 6) is 0.923. The van der Waals surface area contributed by atoms with Gasteiger partial charge in [0, 0.05) is 6.54 Å². The van der Waals surface area contributed by atoms with E-state index in [4.69, 9.17) is 4.74 Å². The number of rotatable bonds is 8. The topological polar surface area (TPSA) is 32.7 Å². The molecule has 1 N–H and O–H groups in total. The molecule has 3 heteroatoms. The van der Waals surface area contributed by atoms with Gasteiger partial charge in [0.2, 0.25) is 0 Å². The Labute approximate surface area is 147 Å². The fourth-order valence-electron chi connectivity index (χ4n) is 4.63. The molecule has 0 saturated carbocycles. The number of hydrogen-bond donors (Lipinski definition) is 1. The maximum Gasteiger partial charge on any atom is 0.116 e. The van der Waals surface area contributed by atoms with Gasteiger partial charge in [-0.3, -0.25) is 0 Å². The Morgan fingerprint density at radius 2 is 1.92 bits per heavy atom. The number of benzene rings is 1.